The molecule has 0 radical (unpaired) electrons. The number of para-hydroxylation sites is 1. The molecule has 1 aliphatic heterocycles. The first-order chi connectivity index (χ1) is 9.75. The van der Waals surface area contributed by atoms with Crippen LogP contribution in [0.4, 0.5) is 0 Å². The summed E-state index contributed by atoms with van der Waals surface area (Å²) in [6, 6.07) is 7.87. The molecular weight excluding hydrogens is 252 g/mol. The molecule has 4 heteroatoms. The second kappa shape index (κ2) is 5.57. The summed E-state index contributed by atoms with van der Waals surface area (Å²) in [5.41, 5.74) is 0.950. The number of nitrogens with zero attached hydrogens (tertiary/aromatic N) is 1. The number of aromatic nitrogens is 1. The van der Waals surface area contributed by atoms with E-state index in [0.717, 1.165) is 42.6 Å². The summed E-state index contributed by atoms with van der Waals surface area (Å²) in [6.07, 6.45) is 4.87. The van der Waals surface area contributed by atoms with Gasteiger partial charge >= 0.3 is 0 Å². The highest BCUT2D eigenvalue weighted by molar-refractivity contribution is 5.86. The maximum absolute atomic E-state index is 12.4. The van der Waals surface area contributed by atoms with Gasteiger partial charge in [-0.2, -0.15) is 0 Å². The molecule has 1 aromatic heterocycles. The van der Waals surface area contributed by atoms with Gasteiger partial charge in [0.2, 0.25) is 0 Å². The fraction of sp³-hybridized carbons (Fsp3) is 0.438. The largest absolute Gasteiger partial charge is 0.479 e. The van der Waals surface area contributed by atoms with Crippen LogP contribution in [0.2, 0.25) is 0 Å². The van der Waals surface area contributed by atoms with Crippen molar-refractivity contribution in [1.82, 2.24) is 9.88 Å². The van der Waals surface area contributed by atoms with Gasteiger partial charge in [0.25, 0.3) is 5.91 Å². The summed E-state index contributed by atoms with van der Waals surface area (Å²) in [5.74, 6) is 0.832. The van der Waals surface area contributed by atoms with Gasteiger partial charge in [-0.3, -0.25) is 4.79 Å². The molecule has 0 aliphatic carbocycles. The third-order valence-electron chi connectivity index (χ3n) is 3.87. The molecule has 2 heterocycles. The number of H-pyrrole nitrogens is 1. The number of hydrogen-bond donors (Lipinski definition) is 1. The van der Waals surface area contributed by atoms with Crippen LogP contribution in [-0.4, -0.2) is 35.0 Å². The summed E-state index contributed by atoms with van der Waals surface area (Å²) in [7, 11) is 0. The van der Waals surface area contributed by atoms with E-state index in [1.807, 2.05) is 42.3 Å². The highest BCUT2D eigenvalue weighted by Gasteiger charge is 2.23. The molecule has 4 nitrogen and oxygen atoms in total. The van der Waals surface area contributed by atoms with Crippen LogP contribution in [0.3, 0.4) is 0 Å². The van der Waals surface area contributed by atoms with Crippen molar-refractivity contribution in [2.24, 2.45) is 0 Å². The Morgan fingerprint density at radius 1 is 1.25 bits per heavy atom. The number of likely N-dealkylation sites (tertiary alicyclic amines) is 1. The third kappa shape index (κ3) is 2.50. The van der Waals surface area contributed by atoms with Gasteiger partial charge in [-0.15, -0.1) is 0 Å². The second-order valence-electron chi connectivity index (χ2n) is 5.34. The number of ether oxygens (including phenoxy) is 1. The SMILES string of the molecule is CC(Oc1cccc2cc[nH]c12)C(=O)N1CCCCC1. The number of rotatable bonds is 3. The lowest BCUT2D eigenvalue weighted by Crippen LogP contribution is -2.43. The van der Waals surface area contributed by atoms with Crippen molar-refractivity contribution >= 4 is 16.8 Å². The van der Waals surface area contributed by atoms with E-state index in [2.05, 4.69) is 4.98 Å². The zero-order valence-electron chi connectivity index (χ0n) is 11.8. The molecule has 1 saturated heterocycles. The first-order valence-electron chi connectivity index (χ1n) is 7.27. The number of hydrogen-bond acceptors (Lipinski definition) is 2. The molecule has 20 heavy (non-hydrogen) atoms. The summed E-state index contributed by atoms with van der Waals surface area (Å²) < 4.78 is 5.88. The van der Waals surface area contributed by atoms with Crippen molar-refractivity contribution in [3.63, 3.8) is 0 Å². The second-order valence-corrected chi connectivity index (χ2v) is 5.34. The third-order valence-corrected chi connectivity index (χ3v) is 3.87. The van der Waals surface area contributed by atoms with Gasteiger partial charge in [0.15, 0.2) is 6.10 Å². The zero-order valence-corrected chi connectivity index (χ0v) is 11.8. The number of aromatic amines is 1. The molecule has 1 atom stereocenters. The zero-order chi connectivity index (χ0) is 13.9. The normalized spacial score (nSPS) is 17.1. The Bertz CT molecular complexity index is 599. The summed E-state index contributed by atoms with van der Waals surface area (Å²) in [5, 5.41) is 1.10. The summed E-state index contributed by atoms with van der Waals surface area (Å²) in [4.78, 5) is 17.4. The van der Waals surface area contributed by atoms with Crippen molar-refractivity contribution in [3.8, 4) is 5.75 Å². The summed E-state index contributed by atoms with van der Waals surface area (Å²) in [6.45, 7) is 3.55. The predicted octanol–water partition coefficient (Wildman–Crippen LogP) is 2.95. The molecule has 1 aromatic carbocycles. The molecule has 1 aliphatic rings. The number of fused-ring (bicyclic) bond motifs is 1. The number of benzene rings is 1. The maximum atomic E-state index is 12.4. The molecule has 3 rings (SSSR count). The van der Waals surface area contributed by atoms with Gasteiger partial charge in [0.05, 0.1) is 5.52 Å². The lowest BCUT2D eigenvalue weighted by atomic mass is 10.1. The standard InChI is InChI=1S/C16H20N2O2/c1-12(16(19)18-10-3-2-4-11-18)20-14-7-5-6-13-8-9-17-15(13)14/h5-9,12,17H,2-4,10-11H2,1H3. The Hall–Kier alpha value is -1.97. The van der Waals surface area contributed by atoms with Gasteiger partial charge in [-0.25, -0.2) is 0 Å². The smallest absolute Gasteiger partial charge is 0.263 e. The van der Waals surface area contributed by atoms with E-state index >= 15 is 0 Å². The van der Waals surface area contributed by atoms with Crippen LogP contribution in [0.25, 0.3) is 10.9 Å². The topological polar surface area (TPSA) is 45.3 Å². The molecule has 106 valence electrons. The fourth-order valence-corrected chi connectivity index (χ4v) is 2.77. The van der Waals surface area contributed by atoms with Crippen LogP contribution in [0.15, 0.2) is 30.5 Å². The molecule has 0 bridgehead atoms. The van der Waals surface area contributed by atoms with E-state index < -0.39 is 6.10 Å². The molecule has 1 unspecified atom stereocenters. The average Bonchev–Trinajstić information content (AvgIpc) is 2.97. The van der Waals surface area contributed by atoms with Crippen LogP contribution in [0.1, 0.15) is 26.2 Å². The van der Waals surface area contributed by atoms with Crippen LogP contribution < -0.4 is 4.74 Å². The van der Waals surface area contributed by atoms with Crippen molar-refractivity contribution in [2.75, 3.05) is 13.1 Å². The molecule has 1 N–H and O–H groups in total. The van der Waals surface area contributed by atoms with Gasteiger partial charge in [-0.05, 0) is 38.3 Å². The number of amides is 1. The Kier molecular flexibility index (Phi) is 3.63. The molecule has 2 aromatic rings. The highest BCUT2D eigenvalue weighted by Crippen LogP contribution is 2.25. The first kappa shape index (κ1) is 13.0. The van der Waals surface area contributed by atoms with E-state index in [0.29, 0.717) is 0 Å². The first-order valence-corrected chi connectivity index (χ1v) is 7.27. The van der Waals surface area contributed by atoms with Gasteiger partial charge in [-0.1, -0.05) is 12.1 Å². The van der Waals surface area contributed by atoms with Crippen molar-refractivity contribution in [1.29, 1.82) is 0 Å². The number of piperidine rings is 1. The minimum atomic E-state index is -0.443. The Morgan fingerprint density at radius 3 is 2.85 bits per heavy atom. The molecule has 1 fully saturated rings. The number of nitrogens with one attached hydrogen (secondary N) is 1. The van der Waals surface area contributed by atoms with Crippen LogP contribution in [-0.2, 0) is 4.79 Å². The Morgan fingerprint density at radius 2 is 2.05 bits per heavy atom. The van der Waals surface area contributed by atoms with Gasteiger partial charge < -0.3 is 14.6 Å². The minimum Gasteiger partial charge on any atom is -0.479 e. The van der Waals surface area contributed by atoms with Crippen molar-refractivity contribution in [2.45, 2.75) is 32.3 Å². The van der Waals surface area contributed by atoms with Crippen LogP contribution >= 0.6 is 0 Å². The summed E-state index contributed by atoms with van der Waals surface area (Å²) >= 11 is 0. The lowest BCUT2D eigenvalue weighted by molar-refractivity contribution is -0.138. The molecule has 0 saturated carbocycles. The monoisotopic (exact) mass is 272 g/mol. The van der Waals surface area contributed by atoms with E-state index in [9.17, 15) is 4.79 Å². The minimum absolute atomic E-state index is 0.0910. The van der Waals surface area contributed by atoms with Gasteiger partial charge in [0.1, 0.15) is 5.75 Å². The quantitative estimate of drug-likeness (QED) is 0.933. The number of carbonyl (C=O) groups is 1. The van der Waals surface area contributed by atoms with Crippen LogP contribution in [0, 0.1) is 0 Å². The predicted molar refractivity (Wildman–Crippen MR) is 78.8 cm³/mol. The average molecular weight is 272 g/mol. The molecule has 1 amide bonds. The Labute approximate surface area is 118 Å². The van der Waals surface area contributed by atoms with E-state index in [-0.39, 0.29) is 5.91 Å². The van der Waals surface area contributed by atoms with Gasteiger partial charge in [0, 0.05) is 24.7 Å². The number of carbonyl (C=O) groups excluding carboxylic acids is 1. The molecule has 0 spiro atoms. The van der Waals surface area contributed by atoms with E-state index in [4.69, 9.17) is 4.74 Å². The van der Waals surface area contributed by atoms with Crippen LogP contribution in [0.5, 0.6) is 5.75 Å². The Balaban J connectivity index is 1.73. The molecular formula is C16H20N2O2. The maximum Gasteiger partial charge on any atom is 0.263 e. The van der Waals surface area contributed by atoms with E-state index in [1.54, 1.807) is 0 Å². The lowest BCUT2D eigenvalue weighted by Gasteiger charge is -2.29. The van der Waals surface area contributed by atoms with Crippen molar-refractivity contribution in [3.05, 3.63) is 30.5 Å². The fourth-order valence-electron chi connectivity index (χ4n) is 2.77. The highest BCUT2D eigenvalue weighted by atomic mass is 16.5. The van der Waals surface area contributed by atoms with Crippen molar-refractivity contribution < 1.29 is 9.53 Å². The van der Waals surface area contributed by atoms with E-state index in [1.165, 1.54) is 6.42 Å².